The lowest BCUT2D eigenvalue weighted by Gasteiger charge is -2.19. The summed E-state index contributed by atoms with van der Waals surface area (Å²) in [6.07, 6.45) is 1.55. The van der Waals surface area contributed by atoms with Gasteiger partial charge in [0.05, 0.1) is 23.9 Å². The number of benzene rings is 1. The summed E-state index contributed by atoms with van der Waals surface area (Å²) in [5, 5.41) is 3.78. The molecule has 1 heterocycles. The molecule has 0 bridgehead atoms. The van der Waals surface area contributed by atoms with Crippen molar-refractivity contribution in [3.05, 3.63) is 58.6 Å². The second-order valence-corrected chi connectivity index (χ2v) is 4.69. The highest BCUT2D eigenvalue weighted by molar-refractivity contribution is 6.30. The van der Waals surface area contributed by atoms with Crippen LogP contribution in [-0.2, 0) is 0 Å². The molecule has 0 saturated heterocycles. The Balaban J connectivity index is 2.45. The summed E-state index contributed by atoms with van der Waals surface area (Å²) in [5.74, 6) is -0.155. The van der Waals surface area contributed by atoms with E-state index in [1.54, 1.807) is 36.5 Å². The molecule has 1 N–H and O–H groups in total. The number of halogens is 2. The molecule has 0 amide bonds. The van der Waals surface area contributed by atoms with Gasteiger partial charge in [0, 0.05) is 11.8 Å². The summed E-state index contributed by atoms with van der Waals surface area (Å²) in [6.45, 7) is 2.65. The maximum absolute atomic E-state index is 14.4. The first-order valence-corrected chi connectivity index (χ1v) is 6.72. The van der Waals surface area contributed by atoms with Gasteiger partial charge in [0.2, 0.25) is 0 Å². The number of rotatable bonds is 5. The Kier molecular flexibility index (Phi) is 4.93. The lowest BCUT2D eigenvalue weighted by atomic mass is 10.0. The van der Waals surface area contributed by atoms with E-state index in [4.69, 9.17) is 16.3 Å². The van der Waals surface area contributed by atoms with Crippen LogP contribution in [-0.4, -0.2) is 18.6 Å². The van der Waals surface area contributed by atoms with Gasteiger partial charge in [-0.15, -0.1) is 0 Å². The zero-order valence-electron chi connectivity index (χ0n) is 11.4. The first kappa shape index (κ1) is 14.8. The molecule has 1 atom stereocenters. The standard InChI is InChI=1S/C15H16ClFN2O/c1-3-18-15(12-8-7-10(16)9-19-12)11-5-4-6-13(20-2)14(11)17/h4-9,15,18H,3H2,1-2H3. The maximum Gasteiger partial charge on any atom is 0.170 e. The Bertz CT molecular complexity index is 575. The lowest BCUT2D eigenvalue weighted by Crippen LogP contribution is -2.24. The molecule has 5 heteroatoms. The predicted octanol–water partition coefficient (Wildman–Crippen LogP) is 3.58. The lowest BCUT2D eigenvalue weighted by molar-refractivity contribution is 0.381. The highest BCUT2D eigenvalue weighted by Gasteiger charge is 2.20. The molecule has 20 heavy (non-hydrogen) atoms. The molecule has 0 radical (unpaired) electrons. The minimum atomic E-state index is -0.377. The summed E-state index contributed by atoms with van der Waals surface area (Å²) in [7, 11) is 1.45. The topological polar surface area (TPSA) is 34.2 Å². The highest BCUT2D eigenvalue weighted by atomic mass is 35.5. The molecule has 0 fully saturated rings. The average molecular weight is 295 g/mol. The van der Waals surface area contributed by atoms with E-state index in [0.717, 1.165) is 0 Å². The summed E-state index contributed by atoms with van der Waals surface area (Å²) in [5.41, 5.74) is 1.21. The summed E-state index contributed by atoms with van der Waals surface area (Å²) in [6, 6.07) is 8.27. The molecule has 1 aromatic carbocycles. The molecule has 0 saturated carbocycles. The van der Waals surface area contributed by atoms with Crippen LogP contribution in [0.2, 0.25) is 5.02 Å². The van der Waals surface area contributed by atoms with Crippen LogP contribution in [0.3, 0.4) is 0 Å². The number of hydrogen-bond acceptors (Lipinski definition) is 3. The molecule has 106 valence electrons. The third kappa shape index (κ3) is 3.08. The Hall–Kier alpha value is -1.65. The smallest absolute Gasteiger partial charge is 0.170 e. The van der Waals surface area contributed by atoms with Crippen molar-refractivity contribution in [2.75, 3.05) is 13.7 Å². The van der Waals surface area contributed by atoms with Gasteiger partial charge in [-0.2, -0.15) is 0 Å². The van der Waals surface area contributed by atoms with Crippen molar-refractivity contribution in [1.82, 2.24) is 10.3 Å². The third-order valence-corrected chi connectivity index (χ3v) is 3.20. The van der Waals surface area contributed by atoms with Crippen molar-refractivity contribution in [3.8, 4) is 5.75 Å². The molecule has 0 aliphatic rings. The number of pyridine rings is 1. The highest BCUT2D eigenvalue weighted by Crippen LogP contribution is 2.28. The monoisotopic (exact) mass is 294 g/mol. The van der Waals surface area contributed by atoms with Crippen molar-refractivity contribution in [2.45, 2.75) is 13.0 Å². The van der Waals surface area contributed by atoms with E-state index in [-0.39, 0.29) is 17.6 Å². The minimum absolute atomic E-state index is 0.222. The first-order chi connectivity index (χ1) is 9.67. The Morgan fingerprint density at radius 3 is 2.75 bits per heavy atom. The van der Waals surface area contributed by atoms with Crippen molar-refractivity contribution in [2.24, 2.45) is 0 Å². The zero-order valence-corrected chi connectivity index (χ0v) is 12.1. The third-order valence-electron chi connectivity index (χ3n) is 2.98. The van der Waals surface area contributed by atoms with E-state index in [1.807, 2.05) is 6.92 Å². The van der Waals surface area contributed by atoms with E-state index >= 15 is 0 Å². The number of aromatic nitrogens is 1. The van der Waals surface area contributed by atoms with Crippen molar-refractivity contribution < 1.29 is 9.13 Å². The van der Waals surface area contributed by atoms with Gasteiger partial charge < -0.3 is 10.1 Å². The van der Waals surface area contributed by atoms with Gasteiger partial charge >= 0.3 is 0 Å². The SMILES string of the molecule is CCNC(c1ccc(Cl)cn1)c1cccc(OC)c1F. The van der Waals surface area contributed by atoms with Crippen molar-refractivity contribution in [1.29, 1.82) is 0 Å². The van der Waals surface area contributed by atoms with Gasteiger partial charge in [0.1, 0.15) is 0 Å². The fourth-order valence-corrected chi connectivity index (χ4v) is 2.16. The van der Waals surface area contributed by atoms with E-state index in [2.05, 4.69) is 10.3 Å². The molecule has 0 aliphatic carbocycles. The molecule has 0 spiro atoms. The van der Waals surface area contributed by atoms with Gasteiger partial charge in [-0.05, 0) is 24.7 Å². The number of nitrogens with zero attached hydrogens (tertiary/aromatic N) is 1. The normalized spacial score (nSPS) is 12.2. The minimum Gasteiger partial charge on any atom is -0.494 e. The molecular weight excluding hydrogens is 279 g/mol. The maximum atomic E-state index is 14.4. The van der Waals surface area contributed by atoms with E-state index < -0.39 is 0 Å². The Morgan fingerprint density at radius 2 is 2.15 bits per heavy atom. The summed E-state index contributed by atoms with van der Waals surface area (Å²) in [4.78, 5) is 4.27. The zero-order chi connectivity index (χ0) is 14.5. The molecule has 2 aromatic rings. The fourth-order valence-electron chi connectivity index (χ4n) is 2.04. The second kappa shape index (κ2) is 6.68. The Labute approximate surface area is 122 Å². The van der Waals surface area contributed by atoms with Crippen LogP contribution < -0.4 is 10.1 Å². The van der Waals surface area contributed by atoms with Gasteiger partial charge in [-0.3, -0.25) is 4.98 Å². The molecule has 1 unspecified atom stereocenters. The number of methoxy groups -OCH3 is 1. The van der Waals surface area contributed by atoms with Crippen LogP contribution in [0, 0.1) is 5.82 Å². The van der Waals surface area contributed by atoms with Crippen molar-refractivity contribution in [3.63, 3.8) is 0 Å². The molecular formula is C15H16ClFN2O. The first-order valence-electron chi connectivity index (χ1n) is 6.34. The summed E-state index contributed by atoms with van der Waals surface area (Å²) < 4.78 is 19.4. The van der Waals surface area contributed by atoms with Gasteiger partial charge in [0.25, 0.3) is 0 Å². The molecule has 1 aromatic heterocycles. The van der Waals surface area contributed by atoms with Crippen LogP contribution in [0.25, 0.3) is 0 Å². The van der Waals surface area contributed by atoms with Crippen LogP contribution in [0.1, 0.15) is 24.2 Å². The number of nitrogens with one attached hydrogen (secondary N) is 1. The van der Waals surface area contributed by atoms with E-state index in [1.165, 1.54) is 7.11 Å². The number of hydrogen-bond donors (Lipinski definition) is 1. The fraction of sp³-hybridized carbons (Fsp3) is 0.267. The average Bonchev–Trinajstić information content (AvgIpc) is 2.47. The van der Waals surface area contributed by atoms with Gasteiger partial charge in [0.15, 0.2) is 11.6 Å². The van der Waals surface area contributed by atoms with Gasteiger partial charge in [-0.25, -0.2) is 4.39 Å². The largest absolute Gasteiger partial charge is 0.494 e. The van der Waals surface area contributed by atoms with Crippen LogP contribution in [0.4, 0.5) is 4.39 Å². The number of ether oxygens (including phenoxy) is 1. The molecule has 0 aliphatic heterocycles. The van der Waals surface area contributed by atoms with Crippen LogP contribution >= 0.6 is 11.6 Å². The molecule has 2 rings (SSSR count). The quantitative estimate of drug-likeness (QED) is 0.915. The van der Waals surface area contributed by atoms with Gasteiger partial charge in [-0.1, -0.05) is 30.7 Å². The van der Waals surface area contributed by atoms with Crippen molar-refractivity contribution >= 4 is 11.6 Å². The second-order valence-electron chi connectivity index (χ2n) is 4.26. The Morgan fingerprint density at radius 1 is 1.35 bits per heavy atom. The van der Waals surface area contributed by atoms with Crippen LogP contribution in [0.15, 0.2) is 36.5 Å². The summed E-state index contributed by atoms with van der Waals surface area (Å²) >= 11 is 5.84. The van der Waals surface area contributed by atoms with E-state index in [9.17, 15) is 4.39 Å². The molecule has 3 nitrogen and oxygen atoms in total. The predicted molar refractivity (Wildman–Crippen MR) is 77.7 cm³/mol. The van der Waals surface area contributed by atoms with Crippen LogP contribution in [0.5, 0.6) is 5.75 Å². The van der Waals surface area contributed by atoms with E-state index in [0.29, 0.717) is 22.8 Å².